The van der Waals surface area contributed by atoms with Gasteiger partial charge >= 0.3 is 6.03 Å². The lowest BCUT2D eigenvalue weighted by molar-refractivity contribution is -0.138. The molecule has 2 fully saturated rings. The fourth-order valence-electron chi connectivity index (χ4n) is 3.87. The Morgan fingerprint density at radius 2 is 1.64 bits per heavy atom. The van der Waals surface area contributed by atoms with E-state index in [1.54, 1.807) is 4.90 Å². The fourth-order valence-corrected chi connectivity index (χ4v) is 3.87. The van der Waals surface area contributed by atoms with Gasteiger partial charge in [-0.1, -0.05) is 48.5 Å². The topological polar surface area (TPSA) is 52.7 Å². The Balaban J connectivity index is 1.40. The van der Waals surface area contributed by atoms with E-state index in [1.807, 2.05) is 53.4 Å². The third-order valence-corrected chi connectivity index (χ3v) is 5.55. The summed E-state index contributed by atoms with van der Waals surface area (Å²) >= 11 is 0. The number of anilines is 1. The SMILES string of the molecule is O=C(Nc1ccccc1)N1CCCC(C(=O)N(Cc2ccccc2)C2CC2)C1. The van der Waals surface area contributed by atoms with Gasteiger partial charge < -0.3 is 15.1 Å². The molecule has 3 amide bonds. The molecule has 1 atom stereocenters. The molecule has 28 heavy (non-hydrogen) atoms. The van der Waals surface area contributed by atoms with E-state index in [0.717, 1.165) is 36.9 Å². The average Bonchev–Trinajstić information content (AvgIpc) is 3.58. The van der Waals surface area contributed by atoms with Crippen LogP contribution in [0.15, 0.2) is 60.7 Å². The van der Waals surface area contributed by atoms with Crippen molar-refractivity contribution in [2.75, 3.05) is 18.4 Å². The van der Waals surface area contributed by atoms with E-state index in [2.05, 4.69) is 17.4 Å². The van der Waals surface area contributed by atoms with E-state index in [0.29, 0.717) is 25.7 Å². The molecule has 1 N–H and O–H groups in total. The average molecular weight is 377 g/mol. The van der Waals surface area contributed by atoms with Crippen LogP contribution < -0.4 is 5.32 Å². The zero-order valence-electron chi connectivity index (χ0n) is 16.1. The smallest absolute Gasteiger partial charge is 0.321 e. The molecular weight excluding hydrogens is 350 g/mol. The summed E-state index contributed by atoms with van der Waals surface area (Å²) in [5.74, 6) is 0.0862. The number of hydrogen-bond donors (Lipinski definition) is 1. The highest BCUT2D eigenvalue weighted by Gasteiger charge is 2.38. The Labute approximate surface area is 166 Å². The van der Waals surface area contributed by atoms with Gasteiger partial charge in [0.15, 0.2) is 0 Å². The van der Waals surface area contributed by atoms with Crippen molar-refractivity contribution in [1.82, 2.24) is 9.80 Å². The second-order valence-electron chi connectivity index (χ2n) is 7.76. The summed E-state index contributed by atoms with van der Waals surface area (Å²) < 4.78 is 0. The number of piperidine rings is 1. The first-order chi connectivity index (χ1) is 13.7. The summed E-state index contributed by atoms with van der Waals surface area (Å²) in [5, 5.41) is 2.94. The van der Waals surface area contributed by atoms with Gasteiger partial charge in [0.1, 0.15) is 0 Å². The Morgan fingerprint density at radius 1 is 0.964 bits per heavy atom. The highest BCUT2D eigenvalue weighted by Crippen LogP contribution is 2.31. The molecule has 2 aromatic carbocycles. The molecule has 0 radical (unpaired) electrons. The number of para-hydroxylation sites is 1. The molecule has 0 bridgehead atoms. The van der Waals surface area contributed by atoms with Crippen LogP contribution in [0.25, 0.3) is 0 Å². The predicted molar refractivity (Wildman–Crippen MR) is 110 cm³/mol. The molecule has 1 unspecified atom stereocenters. The van der Waals surface area contributed by atoms with Crippen molar-refractivity contribution in [1.29, 1.82) is 0 Å². The van der Waals surface area contributed by atoms with Gasteiger partial charge in [0, 0.05) is 31.4 Å². The Bertz CT molecular complexity index is 805. The van der Waals surface area contributed by atoms with Crippen LogP contribution in [0.2, 0.25) is 0 Å². The van der Waals surface area contributed by atoms with Gasteiger partial charge in [-0.3, -0.25) is 4.79 Å². The first-order valence-corrected chi connectivity index (χ1v) is 10.2. The fraction of sp³-hybridized carbons (Fsp3) is 0.391. The molecule has 1 aliphatic heterocycles. The minimum Gasteiger partial charge on any atom is -0.335 e. The monoisotopic (exact) mass is 377 g/mol. The highest BCUT2D eigenvalue weighted by molar-refractivity contribution is 5.90. The number of nitrogens with zero attached hydrogens (tertiary/aromatic N) is 2. The number of carbonyl (C=O) groups is 2. The molecule has 146 valence electrons. The van der Waals surface area contributed by atoms with E-state index < -0.39 is 0 Å². The Hall–Kier alpha value is -2.82. The molecule has 2 aromatic rings. The summed E-state index contributed by atoms with van der Waals surface area (Å²) in [5.41, 5.74) is 1.95. The molecule has 5 heteroatoms. The van der Waals surface area contributed by atoms with Crippen molar-refractivity contribution < 1.29 is 9.59 Å². The van der Waals surface area contributed by atoms with Crippen LogP contribution in [0, 0.1) is 5.92 Å². The van der Waals surface area contributed by atoms with Crippen molar-refractivity contribution in [3.8, 4) is 0 Å². The van der Waals surface area contributed by atoms with E-state index >= 15 is 0 Å². The number of rotatable bonds is 5. The first-order valence-electron chi connectivity index (χ1n) is 10.2. The molecule has 1 heterocycles. The van der Waals surface area contributed by atoms with E-state index in [-0.39, 0.29) is 17.9 Å². The molecule has 1 saturated heterocycles. The van der Waals surface area contributed by atoms with E-state index in [9.17, 15) is 9.59 Å². The number of urea groups is 1. The molecule has 0 aromatic heterocycles. The van der Waals surface area contributed by atoms with Crippen molar-refractivity contribution in [2.24, 2.45) is 5.92 Å². The summed E-state index contributed by atoms with van der Waals surface area (Å²) in [7, 11) is 0. The van der Waals surface area contributed by atoms with Gasteiger partial charge in [-0.15, -0.1) is 0 Å². The second kappa shape index (κ2) is 8.46. The second-order valence-corrected chi connectivity index (χ2v) is 7.76. The molecule has 2 aliphatic rings. The maximum absolute atomic E-state index is 13.3. The highest BCUT2D eigenvalue weighted by atomic mass is 16.2. The lowest BCUT2D eigenvalue weighted by Gasteiger charge is -2.35. The van der Waals surface area contributed by atoms with Crippen molar-refractivity contribution in [3.63, 3.8) is 0 Å². The molecular formula is C23H27N3O2. The molecule has 0 spiro atoms. The Kier molecular flexibility index (Phi) is 5.60. The molecule has 1 aliphatic carbocycles. The number of nitrogens with one attached hydrogen (secondary N) is 1. The van der Waals surface area contributed by atoms with Crippen molar-refractivity contribution in [2.45, 2.75) is 38.3 Å². The standard InChI is InChI=1S/C23H27N3O2/c27-22(26(21-13-14-21)16-18-8-3-1-4-9-18)19-10-7-15-25(17-19)23(28)24-20-11-5-2-6-12-20/h1-6,8-9,11-12,19,21H,7,10,13-17H2,(H,24,28). The van der Waals surface area contributed by atoms with Crippen LogP contribution >= 0.6 is 0 Å². The van der Waals surface area contributed by atoms with Crippen molar-refractivity contribution in [3.05, 3.63) is 66.2 Å². The molecule has 4 rings (SSSR count). The number of likely N-dealkylation sites (tertiary alicyclic amines) is 1. The minimum atomic E-state index is -0.121. The van der Waals surface area contributed by atoms with Gasteiger partial charge in [-0.25, -0.2) is 4.79 Å². The lowest BCUT2D eigenvalue weighted by Crippen LogP contribution is -2.48. The maximum Gasteiger partial charge on any atom is 0.321 e. The van der Waals surface area contributed by atoms with E-state index in [4.69, 9.17) is 0 Å². The molecule has 1 saturated carbocycles. The largest absolute Gasteiger partial charge is 0.335 e. The third-order valence-electron chi connectivity index (χ3n) is 5.55. The van der Waals surface area contributed by atoms with Gasteiger partial charge in [-0.05, 0) is 43.4 Å². The zero-order chi connectivity index (χ0) is 19.3. The zero-order valence-corrected chi connectivity index (χ0v) is 16.1. The van der Waals surface area contributed by atoms with Crippen LogP contribution in [-0.2, 0) is 11.3 Å². The number of carbonyl (C=O) groups excluding carboxylic acids is 2. The maximum atomic E-state index is 13.3. The quantitative estimate of drug-likeness (QED) is 0.852. The van der Waals surface area contributed by atoms with Crippen LogP contribution in [0.3, 0.4) is 0 Å². The van der Waals surface area contributed by atoms with Crippen LogP contribution in [0.1, 0.15) is 31.2 Å². The first kappa shape index (κ1) is 18.5. The summed E-state index contributed by atoms with van der Waals surface area (Å²) in [6, 6.07) is 19.9. The van der Waals surface area contributed by atoms with Gasteiger partial charge in [0.05, 0.1) is 5.92 Å². The molecule has 5 nitrogen and oxygen atoms in total. The Morgan fingerprint density at radius 3 is 2.32 bits per heavy atom. The summed E-state index contributed by atoms with van der Waals surface area (Å²) in [6.45, 7) is 1.86. The van der Waals surface area contributed by atoms with Gasteiger partial charge in [0.25, 0.3) is 0 Å². The minimum absolute atomic E-state index is 0.111. The third kappa shape index (κ3) is 4.53. The van der Waals surface area contributed by atoms with Crippen LogP contribution in [-0.4, -0.2) is 40.9 Å². The number of hydrogen-bond acceptors (Lipinski definition) is 2. The predicted octanol–water partition coefficient (Wildman–Crippen LogP) is 4.12. The van der Waals surface area contributed by atoms with Crippen LogP contribution in [0.4, 0.5) is 10.5 Å². The van der Waals surface area contributed by atoms with Gasteiger partial charge in [-0.2, -0.15) is 0 Å². The normalized spacial score (nSPS) is 19.1. The van der Waals surface area contributed by atoms with Gasteiger partial charge in [0.2, 0.25) is 5.91 Å². The number of amides is 3. The number of benzene rings is 2. The van der Waals surface area contributed by atoms with E-state index in [1.165, 1.54) is 0 Å². The lowest BCUT2D eigenvalue weighted by atomic mass is 9.96. The summed E-state index contributed by atoms with van der Waals surface area (Å²) in [6.07, 6.45) is 3.89. The van der Waals surface area contributed by atoms with Crippen molar-refractivity contribution >= 4 is 17.6 Å². The van der Waals surface area contributed by atoms with Crippen LogP contribution in [0.5, 0.6) is 0 Å². The summed E-state index contributed by atoms with van der Waals surface area (Å²) in [4.78, 5) is 29.7.